The number of Topliss-reactive ketones (excluding diaryl/α,β-unsaturated/α-hetero) is 2. The lowest BCUT2D eigenvalue weighted by Crippen LogP contribution is -2.18. The minimum absolute atomic E-state index is 0.105. The molecule has 2 N–H and O–H groups in total. The van der Waals surface area contributed by atoms with Crippen molar-refractivity contribution < 1.29 is 9.59 Å². The first kappa shape index (κ1) is 12.0. The Labute approximate surface area is 105 Å². The summed E-state index contributed by atoms with van der Waals surface area (Å²) < 4.78 is 0. The first-order valence-electron chi connectivity index (χ1n) is 5.64. The summed E-state index contributed by atoms with van der Waals surface area (Å²) in [6, 6.07) is 15.8. The predicted molar refractivity (Wildman–Crippen MR) is 70.3 cm³/mol. The van der Waals surface area contributed by atoms with Gasteiger partial charge in [0.25, 0.3) is 0 Å². The van der Waals surface area contributed by atoms with Gasteiger partial charge in [-0.1, -0.05) is 42.5 Å². The number of carbonyl (C=O) groups is 2. The smallest absolute Gasteiger partial charge is 0.230 e. The lowest BCUT2D eigenvalue weighted by Gasteiger charge is -2.03. The van der Waals surface area contributed by atoms with Crippen LogP contribution in [0.5, 0.6) is 0 Å². The molecule has 0 amide bonds. The monoisotopic (exact) mass is 239 g/mol. The van der Waals surface area contributed by atoms with Gasteiger partial charge in [-0.15, -0.1) is 0 Å². The van der Waals surface area contributed by atoms with Crippen molar-refractivity contribution in [3.8, 4) is 0 Å². The van der Waals surface area contributed by atoms with Gasteiger partial charge in [0, 0.05) is 17.7 Å². The highest BCUT2D eigenvalue weighted by atomic mass is 16.2. The van der Waals surface area contributed by atoms with Crippen LogP contribution in [0.4, 0.5) is 5.69 Å². The van der Waals surface area contributed by atoms with Gasteiger partial charge in [0.15, 0.2) is 0 Å². The summed E-state index contributed by atoms with van der Waals surface area (Å²) in [7, 11) is 0. The van der Waals surface area contributed by atoms with Crippen LogP contribution in [-0.2, 0) is 11.2 Å². The number of hydrogen-bond donors (Lipinski definition) is 1. The van der Waals surface area contributed by atoms with Crippen LogP contribution in [0.1, 0.15) is 15.9 Å². The molecule has 0 bridgehead atoms. The minimum Gasteiger partial charge on any atom is -0.398 e. The fourth-order valence-electron chi connectivity index (χ4n) is 1.72. The zero-order valence-corrected chi connectivity index (χ0v) is 9.80. The fraction of sp³-hybridized carbons (Fsp3) is 0.0667. The molecule has 0 aliphatic carbocycles. The third-order valence-electron chi connectivity index (χ3n) is 2.67. The van der Waals surface area contributed by atoms with E-state index >= 15 is 0 Å². The number of hydrogen-bond acceptors (Lipinski definition) is 3. The SMILES string of the molecule is Nc1ccccc1C(=O)C(=O)Cc1ccccc1. The molecule has 90 valence electrons. The molecular formula is C15H13NO2. The largest absolute Gasteiger partial charge is 0.398 e. The second kappa shape index (κ2) is 5.27. The maximum Gasteiger partial charge on any atom is 0.230 e. The van der Waals surface area contributed by atoms with Gasteiger partial charge < -0.3 is 5.73 Å². The van der Waals surface area contributed by atoms with Crippen LogP contribution in [0.3, 0.4) is 0 Å². The van der Waals surface area contributed by atoms with Crippen molar-refractivity contribution in [1.82, 2.24) is 0 Å². The van der Waals surface area contributed by atoms with Gasteiger partial charge in [-0.3, -0.25) is 9.59 Å². The molecule has 0 spiro atoms. The molecule has 0 aliphatic rings. The lowest BCUT2D eigenvalue weighted by atomic mass is 10.0. The summed E-state index contributed by atoms with van der Waals surface area (Å²) in [4.78, 5) is 23.8. The highest BCUT2D eigenvalue weighted by Crippen LogP contribution is 2.13. The van der Waals surface area contributed by atoms with Crippen LogP contribution in [0.2, 0.25) is 0 Å². The Hall–Kier alpha value is -2.42. The summed E-state index contributed by atoms with van der Waals surface area (Å²) >= 11 is 0. The van der Waals surface area contributed by atoms with Crippen molar-refractivity contribution in [2.75, 3.05) is 5.73 Å². The molecule has 0 heterocycles. The Morgan fingerprint density at radius 3 is 2.17 bits per heavy atom. The first-order valence-corrected chi connectivity index (χ1v) is 5.64. The number of rotatable bonds is 4. The van der Waals surface area contributed by atoms with E-state index in [1.165, 1.54) is 0 Å². The van der Waals surface area contributed by atoms with Crippen LogP contribution in [0, 0.1) is 0 Å². The van der Waals surface area contributed by atoms with Crippen molar-refractivity contribution in [3.05, 3.63) is 65.7 Å². The molecule has 0 saturated carbocycles. The van der Waals surface area contributed by atoms with Crippen LogP contribution in [0.25, 0.3) is 0 Å². The number of para-hydroxylation sites is 1. The van der Waals surface area contributed by atoms with Gasteiger partial charge in [0.1, 0.15) is 0 Å². The van der Waals surface area contributed by atoms with Crippen molar-refractivity contribution in [2.24, 2.45) is 0 Å². The second-order valence-corrected chi connectivity index (χ2v) is 4.00. The maximum absolute atomic E-state index is 11.9. The summed E-state index contributed by atoms with van der Waals surface area (Å²) in [5.74, 6) is -0.976. The molecule has 3 nitrogen and oxygen atoms in total. The Kier molecular flexibility index (Phi) is 3.53. The summed E-state index contributed by atoms with van der Waals surface area (Å²) in [5, 5.41) is 0. The quantitative estimate of drug-likeness (QED) is 0.505. The minimum atomic E-state index is -0.531. The molecule has 2 aromatic carbocycles. The summed E-state index contributed by atoms with van der Waals surface area (Å²) in [6.07, 6.45) is 0.105. The molecule has 0 atom stereocenters. The Morgan fingerprint density at radius 2 is 1.50 bits per heavy atom. The van der Waals surface area contributed by atoms with E-state index in [-0.39, 0.29) is 12.0 Å². The fourth-order valence-corrected chi connectivity index (χ4v) is 1.72. The molecule has 0 radical (unpaired) electrons. The maximum atomic E-state index is 11.9. The molecule has 0 aromatic heterocycles. The summed E-state index contributed by atoms with van der Waals surface area (Å²) in [5.41, 5.74) is 7.12. The Morgan fingerprint density at radius 1 is 0.889 bits per heavy atom. The van der Waals surface area contributed by atoms with Crippen LogP contribution < -0.4 is 5.73 Å². The van der Waals surface area contributed by atoms with Gasteiger partial charge in [0.2, 0.25) is 11.6 Å². The van der Waals surface area contributed by atoms with Gasteiger partial charge in [-0.2, -0.15) is 0 Å². The van der Waals surface area contributed by atoms with Crippen molar-refractivity contribution in [2.45, 2.75) is 6.42 Å². The highest BCUT2D eigenvalue weighted by Gasteiger charge is 2.18. The molecular weight excluding hydrogens is 226 g/mol. The number of benzene rings is 2. The van der Waals surface area contributed by atoms with E-state index in [0.29, 0.717) is 5.69 Å². The number of nitrogens with two attached hydrogens (primary N) is 1. The number of ketones is 2. The predicted octanol–water partition coefficient (Wildman–Crippen LogP) is 2.26. The van der Waals surface area contributed by atoms with E-state index in [0.717, 1.165) is 5.56 Å². The molecule has 2 rings (SSSR count). The standard InChI is InChI=1S/C15H13NO2/c16-13-9-5-4-8-12(13)15(18)14(17)10-11-6-2-1-3-7-11/h1-9H,10,16H2. The molecule has 0 fully saturated rings. The average Bonchev–Trinajstić information content (AvgIpc) is 2.39. The molecule has 18 heavy (non-hydrogen) atoms. The third-order valence-corrected chi connectivity index (χ3v) is 2.67. The zero-order chi connectivity index (χ0) is 13.0. The number of carbonyl (C=O) groups excluding carboxylic acids is 2. The van der Waals surface area contributed by atoms with E-state index in [1.807, 2.05) is 30.3 Å². The Balaban J connectivity index is 2.16. The van der Waals surface area contributed by atoms with Crippen LogP contribution >= 0.6 is 0 Å². The van der Waals surface area contributed by atoms with Crippen LogP contribution in [0.15, 0.2) is 54.6 Å². The lowest BCUT2D eigenvalue weighted by molar-refractivity contribution is -0.114. The van der Waals surface area contributed by atoms with E-state index in [1.54, 1.807) is 24.3 Å². The number of nitrogen functional groups attached to an aromatic ring is 1. The third kappa shape index (κ3) is 2.63. The topological polar surface area (TPSA) is 60.2 Å². The van der Waals surface area contributed by atoms with E-state index in [4.69, 9.17) is 5.73 Å². The van der Waals surface area contributed by atoms with E-state index in [9.17, 15) is 9.59 Å². The highest BCUT2D eigenvalue weighted by molar-refractivity contribution is 6.45. The molecule has 0 saturated heterocycles. The molecule has 2 aromatic rings. The summed E-state index contributed by atoms with van der Waals surface area (Å²) in [6.45, 7) is 0. The zero-order valence-electron chi connectivity index (χ0n) is 9.80. The van der Waals surface area contributed by atoms with Gasteiger partial charge in [0.05, 0.1) is 0 Å². The molecule has 0 aliphatic heterocycles. The Bertz CT molecular complexity index is 576. The molecule has 3 heteroatoms. The first-order chi connectivity index (χ1) is 8.68. The van der Waals surface area contributed by atoms with Gasteiger partial charge >= 0.3 is 0 Å². The normalized spacial score (nSPS) is 10.0. The van der Waals surface area contributed by atoms with Gasteiger partial charge in [-0.05, 0) is 17.7 Å². The van der Waals surface area contributed by atoms with Crippen molar-refractivity contribution in [1.29, 1.82) is 0 Å². The van der Waals surface area contributed by atoms with E-state index in [2.05, 4.69) is 0 Å². The second-order valence-electron chi connectivity index (χ2n) is 4.00. The average molecular weight is 239 g/mol. The van der Waals surface area contributed by atoms with E-state index < -0.39 is 11.6 Å². The van der Waals surface area contributed by atoms with Gasteiger partial charge in [-0.25, -0.2) is 0 Å². The van der Waals surface area contributed by atoms with Crippen molar-refractivity contribution >= 4 is 17.3 Å². The number of anilines is 1. The molecule has 0 unspecified atom stereocenters. The van der Waals surface area contributed by atoms with Crippen molar-refractivity contribution in [3.63, 3.8) is 0 Å². The van der Waals surface area contributed by atoms with Crippen LogP contribution in [-0.4, -0.2) is 11.6 Å².